The maximum Gasteiger partial charge on any atom is 0.339 e. The summed E-state index contributed by atoms with van der Waals surface area (Å²) >= 11 is 0. The van der Waals surface area contributed by atoms with Crippen LogP contribution in [0, 0.1) is 5.41 Å². The third kappa shape index (κ3) is 1.57. The molecule has 5 heteroatoms. The number of carbonyl (C=O) groups is 1. The normalized spacial score (nSPS) is 18.3. The summed E-state index contributed by atoms with van der Waals surface area (Å²) in [7, 11) is 0. The summed E-state index contributed by atoms with van der Waals surface area (Å²) in [6, 6.07) is 0. The van der Waals surface area contributed by atoms with Gasteiger partial charge in [0.05, 0.1) is 5.70 Å². The Morgan fingerprint density at radius 1 is 1.75 bits per heavy atom. The fourth-order valence-corrected chi connectivity index (χ4v) is 0.731. The summed E-state index contributed by atoms with van der Waals surface area (Å²) in [5.74, 6) is -1.14. The molecule has 0 unspecified atom stereocenters. The molecule has 5 nitrogen and oxygen atoms in total. The van der Waals surface area contributed by atoms with E-state index in [1.54, 1.807) is 12.2 Å². The van der Waals surface area contributed by atoms with Crippen LogP contribution in [-0.2, 0) is 4.79 Å². The van der Waals surface area contributed by atoms with Crippen molar-refractivity contribution >= 4 is 18.4 Å². The second kappa shape index (κ2) is 3.47. The number of hydrazone groups is 1. The van der Waals surface area contributed by atoms with Crippen LogP contribution in [0.2, 0.25) is 0 Å². The Kier molecular flexibility index (Phi) is 2.37. The van der Waals surface area contributed by atoms with Crippen molar-refractivity contribution < 1.29 is 9.90 Å². The SMILES string of the molecule is N=C/C(C(=O)O)=C1/C=CC=NN1. The molecule has 0 fully saturated rings. The van der Waals surface area contributed by atoms with Crippen LogP contribution >= 0.6 is 0 Å². The highest BCUT2D eigenvalue weighted by molar-refractivity contribution is 6.08. The molecular weight excluding hydrogens is 158 g/mol. The van der Waals surface area contributed by atoms with Crippen LogP contribution < -0.4 is 5.43 Å². The monoisotopic (exact) mass is 165 g/mol. The lowest BCUT2D eigenvalue weighted by Gasteiger charge is -2.05. The third-order valence-corrected chi connectivity index (χ3v) is 1.27. The first-order valence-corrected chi connectivity index (χ1v) is 3.19. The molecule has 0 saturated carbocycles. The Morgan fingerprint density at radius 3 is 2.92 bits per heavy atom. The number of rotatable bonds is 2. The molecule has 0 spiro atoms. The zero-order valence-corrected chi connectivity index (χ0v) is 6.11. The van der Waals surface area contributed by atoms with Gasteiger partial charge in [-0.05, 0) is 12.2 Å². The second-order valence-corrected chi connectivity index (χ2v) is 2.03. The van der Waals surface area contributed by atoms with Crippen LogP contribution in [-0.4, -0.2) is 23.5 Å². The molecule has 1 aliphatic heterocycles. The average molecular weight is 165 g/mol. The Hall–Kier alpha value is -1.91. The first-order chi connectivity index (χ1) is 5.75. The Bertz CT molecular complexity index is 302. The smallest absolute Gasteiger partial charge is 0.339 e. The molecule has 12 heavy (non-hydrogen) atoms. The van der Waals surface area contributed by atoms with Crippen molar-refractivity contribution in [1.29, 1.82) is 5.41 Å². The van der Waals surface area contributed by atoms with E-state index in [1.165, 1.54) is 6.21 Å². The lowest BCUT2D eigenvalue weighted by Crippen LogP contribution is -2.15. The van der Waals surface area contributed by atoms with Gasteiger partial charge in [0.2, 0.25) is 0 Å². The Balaban J connectivity index is 3.01. The van der Waals surface area contributed by atoms with E-state index >= 15 is 0 Å². The van der Waals surface area contributed by atoms with Gasteiger partial charge in [-0.25, -0.2) is 4.79 Å². The van der Waals surface area contributed by atoms with Gasteiger partial charge in [0, 0.05) is 12.4 Å². The van der Waals surface area contributed by atoms with Gasteiger partial charge in [0.15, 0.2) is 0 Å². The molecule has 0 aliphatic carbocycles. The first kappa shape index (κ1) is 8.19. The number of hydrogen-bond acceptors (Lipinski definition) is 4. The van der Waals surface area contributed by atoms with Crippen molar-refractivity contribution in [3.63, 3.8) is 0 Å². The van der Waals surface area contributed by atoms with Crippen molar-refractivity contribution in [1.82, 2.24) is 5.43 Å². The van der Waals surface area contributed by atoms with E-state index in [2.05, 4.69) is 10.5 Å². The van der Waals surface area contributed by atoms with Crippen LogP contribution in [0.4, 0.5) is 0 Å². The van der Waals surface area contributed by atoms with E-state index in [-0.39, 0.29) is 5.57 Å². The molecule has 1 heterocycles. The quantitative estimate of drug-likeness (QED) is 0.401. The van der Waals surface area contributed by atoms with Gasteiger partial charge in [-0.1, -0.05) is 0 Å². The fourth-order valence-electron chi connectivity index (χ4n) is 0.731. The van der Waals surface area contributed by atoms with Gasteiger partial charge in [-0.2, -0.15) is 5.10 Å². The summed E-state index contributed by atoms with van der Waals surface area (Å²) in [5.41, 5.74) is 2.69. The highest BCUT2D eigenvalue weighted by Gasteiger charge is 2.09. The molecule has 0 aromatic rings. The molecule has 0 radical (unpaired) electrons. The molecule has 62 valence electrons. The molecule has 0 aromatic heterocycles. The predicted octanol–water partition coefficient (Wildman–Crippen LogP) is 0.120. The molecule has 0 saturated heterocycles. The summed E-state index contributed by atoms with van der Waals surface area (Å²) in [6.45, 7) is 0. The van der Waals surface area contributed by atoms with Gasteiger partial charge in [-0.15, -0.1) is 0 Å². The lowest BCUT2D eigenvalue weighted by molar-refractivity contribution is -0.132. The van der Waals surface area contributed by atoms with Crippen LogP contribution in [0.25, 0.3) is 0 Å². The van der Waals surface area contributed by atoms with Crippen molar-refractivity contribution in [2.75, 3.05) is 0 Å². The number of carboxylic acids is 1. The number of aliphatic carboxylic acids is 1. The molecule has 0 amide bonds. The maximum absolute atomic E-state index is 10.5. The molecule has 0 atom stereocenters. The summed E-state index contributed by atoms with van der Waals surface area (Å²) in [5, 5.41) is 19.1. The average Bonchev–Trinajstić information content (AvgIpc) is 2.07. The van der Waals surface area contributed by atoms with Crippen molar-refractivity contribution in [2.45, 2.75) is 0 Å². The van der Waals surface area contributed by atoms with E-state index in [0.717, 1.165) is 6.21 Å². The minimum absolute atomic E-state index is 0.108. The van der Waals surface area contributed by atoms with Crippen molar-refractivity contribution in [3.05, 3.63) is 23.4 Å². The van der Waals surface area contributed by atoms with Gasteiger partial charge in [0.25, 0.3) is 0 Å². The number of hydrogen-bond donors (Lipinski definition) is 3. The van der Waals surface area contributed by atoms with Crippen LogP contribution in [0.1, 0.15) is 0 Å². The summed E-state index contributed by atoms with van der Waals surface area (Å²) in [6.07, 6.45) is 5.41. The van der Waals surface area contributed by atoms with Crippen LogP contribution in [0.15, 0.2) is 28.5 Å². The van der Waals surface area contributed by atoms with Gasteiger partial charge >= 0.3 is 5.97 Å². The summed E-state index contributed by atoms with van der Waals surface area (Å²) < 4.78 is 0. The molecular formula is C7H7N3O2. The number of allylic oxidation sites excluding steroid dienone is 2. The van der Waals surface area contributed by atoms with E-state index in [1.807, 2.05) is 0 Å². The zero-order chi connectivity index (χ0) is 8.97. The van der Waals surface area contributed by atoms with E-state index in [0.29, 0.717) is 5.70 Å². The largest absolute Gasteiger partial charge is 0.478 e. The highest BCUT2D eigenvalue weighted by Crippen LogP contribution is 2.03. The topological polar surface area (TPSA) is 85.5 Å². The third-order valence-electron chi connectivity index (χ3n) is 1.27. The number of nitrogens with zero attached hydrogens (tertiary/aromatic N) is 1. The van der Waals surface area contributed by atoms with Crippen LogP contribution in [0.3, 0.4) is 0 Å². The Labute approximate surface area is 68.6 Å². The van der Waals surface area contributed by atoms with E-state index in [4.69, 9.17) is 10.5 Å². The van der Waals surface area contributed by atoms with Gasteiger partial charge in [0.1, 0.15) is 5.57 Å². The zero-order valence-electron chi connectivity index (χ0n) is 6.11. The highest BCUT2D eigenvalue weighted by atomic mass is 16.4. The molecule has 1 aliphatic rings. The van der Waals surface area contributed by atoms with E-state index < -0.39 is 5.97 Å². The van der Waals surface area contributed by atoms with Crippen molar-refractivity contribution in [2.24, 2.45) is 5.10 Å². The minimum Gasteiger partial charge on any atom is -0.478 e. The number of carboxylic acid groups (broad SMARTS) is 1. The molecule has 1 rings (SSSR count). The molecule has 0 bridgehead atoms. The molecule has 0 aromatic carbocycles. The van der Waals surface area contributed by atoms with Crippen molar-refractivity contribution in [3.8, 4) is 0 Å². The standard InChI is InChI=1S/C7H7N3O2/c8-4-5(7(11)12)6-2-1-3-9-10-6/h1-4,8,10H,(H,11,12)/b6-5+,8-4?. The first-order valence-electron chi connectivity index (χ1n) is 3.19. The predicted molar refractivity (Wildman–Crippen MR) is 44.2 cm³/mol. The fraction of sp³-hybridized carbons (Fsp3) is 0. The second-order valence-electron chi connectivity index (χ2n) is 2.03. The minimum atomic E-state index is -1.14. The molecule has 3 N–H and O–H groups in total. The summed E-state index contributed by atoms with van der Waals surface area (Å²) in [4.78, 5) is 10.5. The lowest BCUT2D eigenvalue weighted by atomic mass is 10.2. The number of nitrogens with one attached hydrogen (secondary N) is 2. The maximum atomic E-state index is 10.5. The van der Waals surface area contributed by atoms with E-state index in [9.17, 15) is 4.79 Å². The van der Waals surface area contributed by atoms with Gasteiger partial charge in [-0.3, -0.25) is 5.43 Å². The Morgan fingerprint density at radius 2 is 2.50 bits per heavy atom. The van der Waals surface area contributed by atoms with Gasteiger partial charge < -0.3 is 10.5 Å². The van der Waals surface area contributed by atoms with Crippen LogP contribution in [0.5, 0.6) is 0 Å².